The highest BCUT2D eigenvalue weighted by Gasteiger charge is 2.40. The van der Waals surface area contributed by atoms with Gasteiger partial charge in [-0.3, -0.25) is 4.79 Å². The third kappa shape index (κ3) is 2.51. The van der Waals surface area contributed by atoms with Gasteiger partial charge in [0, 0.05) is 11.4 Å². The number of anilines is 1. The zero-order chi connectivity index (χ0) is 14.2. The number of carboxylic acid groups (broad SMARTS) is 1. The minimum absolute atomic E-state index is 0.158. The summed E-state index contributed by atoms with van der Waals surface area (Å²) >= 11 is 1.35. The molecule has 0 bridgehead atoms. The van der Waals surface area contributed by atoms with Gasteiger partial charge in [0.05, 0.1) is 10.9 Å². The first-order valence-corrected chi connectivity index (χ1v) is 6.68. The first kappa shape index (κ1) is 13.7. The van der Waals surface area contributed by atoms with Gasteiger partial charge in [0.1, 0.15) is 11.9 Å². The standard InChI is InChI=1S/C12H13FN2O3S/c1-6-15(10(5-19-6)12(17)18)11(16)8-3-2-7(14)4-9(8)13/h2-4,6,10H,5,14H2,1H3,(H,17,18). The Morgan fingerprint density at radius 2 is 2.21 bits per heavy atom. The molecule has 0 saturated carbocycles. The average Bonchev–Trinajstić information content (AvgIpc) is 2.70. The summed E-state index contributed by atoms with van der Waals surface area (Å²) in [5, 5.41) is 8.79. The number of carbonyl (C=O) groups excluding carboxylic acids is 1. The van der Waals surface area contributed by atoms with Crippen molar-refractivity contribution < 1.29 is 19.1 Å². The van der Waals surface area contributed by atoms with Gasteiger partial charge in [-0.15, -0.1) is 11.8 Å². The van der Waals surface area contributed by atoms with Crippen molar-refractivity contribution in [3.8, 4) is 0 Å². The van der Waals surface area contributed by atoms with Crippen molar-refractivity contribution in [1.82, 2.24) is 4.90 Å². The van der Waals surface area contributed by atoms with E-state index in [9.17, 15) is 14.0 Å². The summed E-state index contributed by atoms with van der Waals surface area (Å²) in [4.78, 5) is 24.6. The van der Waals surface area contributed by atoms with Crippen LogP contribution in [0.25, 0.3) is 0 Å². The van der Waals surface area contributed by atoms with E-state index in [2.05, 4.69) is 0 Å². The molecule has 0 spiro atoms. The fourth-order valence-corrected chi connectivity index (χ4v) is 3.15. The van der Waals surface area contributed by atoms with Crippen molar-refractivity contribution in [3.05, 3.63) is 29.6 Å². The van der Waals surface area contributed by atoms with Crippen molar-refractivity contribution >= 4 is 29.3 Å². The number of amides is 1. The van der Waals surface area contributed by atoms with Crippen molar-refractivity contribution in [2.75, 3.05) is 11.5 Å². The van der Waals surface area contributed by atoms with Crippen molar-refractivity contribution in [2.24, 2.45) is 0 Å². The minimum Gasteiger partial charge on any atom is -0.480 e. The predicted molar refractivity (Wildman–Crippen MR) is 70.3 cm³/mol. The summed E-state index contributed by atoms with van der Waals surface area (Å²) < 4.78 is 13.7. The number of thioether (sulfide) groups is 1. The number of nitrogen functional groups attached to an aromatic ring is 1. The molecule has 3 N–H and O–H groups in total. The summed E-state index contributed by atoms with van der Waals surface area (Å²) in [7, 11) is 0. The highest BCUT2D eigenvalue weighted by Crippen LogP contribution is 2.31. The van der Waals surface area contributed by atoms with Crippen molar-refractivity contribution in [3.63, 3.8) is 0 Å². The Labute approximate surface area is 113 Å². The van der Waals surface area contributed by atoms with Crippen LogP contribution in [0.2, 0.25) is 0 Å². The maximum atomic E-state index is 13.7. The predicted octanol–water partition coefficient (Wildman–Crippen LogP) is 1.40. The average molecular weight is 284 g/mol. The first-order valence-electron chi connectivity index (χ1n) is 5.64. The van der Waals surface area contributed by atoms with Crippen LogP contribution in [0.1, 0.15) is 17.3 Å². The number of benzene rings is 1. The molecular weight excluding hydrogens is 271 g/mol. The largest absolute Gasteiger partial charge is 0.480 e. The second-order valence-electron chi connectivity index (χ2n) is 4.24. The van der Waals surface area contributed by atoms with Crippen molar-refractivity contribution in [1.29, 1.82) is 0 Å². The third-order valence-electron chi connectivity index (χ3n) is 2.97. The second-order valence-corrected chi connectivity index (χ2v) is 5.59. The van der Waals surface area contributed by atoms with Crippen LogP contribution in [0.15, 0.2) is 18.2 Å². The van der Waals surface area contributed by atoms with E-state index in [0.717, 1.165) is 6.07 Å². The minimum atomic E-state index is -1.08. The SMILES string of the molecule is CC1SCC(C(=O)O)N1C(=O)c1ccc(N)cc1F. The lowest BCUT2D eigenvalue weighted by molar-refractivity contribution is -0.141. The van der Waals surface area contributed by atoms with E-state index < -0.39 is 23.7 Å². The molecule has 1 saturated heterocycles. The molecule has 19 heavy (non-hydrogen) atoms. The van der Waals surface area contributed by atoms with Crippen LogP contribution in [0.5, 0.6) is 0 Å². The van der Waals surface area contributed by atoms with E-state index >= 15 is 0 Å². The zero-order valence-corrected chi connectivity index (χ0v) is 11.0. The fraction of sp³-hybridized carbons (Fsp3) is 0.333. The number of carbonyl (C=O) groups is 2. The molecular formula is C12H13FN2O3S. The van der Waals surface area contributed by atoms with E-state index in [1.54, 1.807) is 6.92 Å². The van der Waals surface area contributed by atoms with E-state index in [1.807, 2.05) is 0 Å². The number of nitrogens with two attached hydrogens (primary N) is 1. The molecule has 1 amide bonds. The van der Waals surface area contributed by atoms with Crippen LogP contribution in [-0.2, 0) is 4.79 Å². The second kappa shape index (κ2) is 5.08. The molecule has 2 unspecified atom stereocenters. The van der Waals surface area contributed by atoms with E-state index in [0.29, 0.717) is 5.75 Å². The van der Waals surface area contributed by atoms with Crippen LogP contribution < -0.4 is 5.73 Å². The molecule has 1 fully saturated rings. The lowest BCUT2D eigenvalue weighted by Gasteiger charge is -2.25. The summed E-state index contributed by atoms with van der Waals surface area (Å²) in [5.41, 5.74) is 5.48. The number of halogens is 1. The van der Waals surface area contributed by atoms with Crippen LogP contribution in [-0.4, -0.2) is 39.1 Å². The van der Waals surface area contributed by atoms with Crippen LogP contribution in [0.4, 0.5) is 10.1 Å². The number of carboxylic acids is 1. The highest BCUT2D eigenvalue weighted by molar-refractivity contribution is 8.00. The van der Waals surface area contributed by atoms with Gasteiger partial charge in [0.2, 0.25) is 0 Å². The quantitative estimate of drug-likeness (QED) is 0.802. The van der Waals surface area contributed by atoms with E-state index in [4.69, 9.17) is 10.8 Å². The molecule has 2 rings (SSSR count). The Morgan fingerprint density at radius 3 is 2.79 bits per heavy atom. The molecule has 5 nitrogen and oxygen atoms in total. The Morgan fingerprint density at radius 1 is 1.53 bits per heavy atom. The van der Waals surface area contributed by atoms with Gasteiger partial charge in [0.15, 0.2) is 0 Å². The van der Waals surface area contributed by atoms with Crippen LogP contribution in [0, 0.1) is 5.82 Å². The Kier molecular flexibility index (Phi) is 3.66. The summed E-state index contributed by atoms with van der Waals surface area (Å²) in [6.07, 6.45) is 0. The van der Waals surface area contributed by atoms with Gasteiger partial charge in [0.25, 0.3) is 5.91 Å². The highest BCUT2D eigenvalue weighted by atomic mass is 32.2. The zero-order valence-electron chi connectivity index (χ0n) is 10.2. The molecule has 0 aromatic heterocycles. The fourth-order valence-electron chi connectivity index (χ4n) is 1.99. The van der Waals surface area contributed by atoms with Gasteiger partial charge in [-0.25, -0.2) is 9.18 Å². The molecule has 7 heteroatoms. The maximum absolute atomic E-state index is 13.7. The van der Waals surface area contributed by atoms with Gasteiger partial charge >= 0.3 is 5.97 Å². The molecule has 1 aromatic rings. The van der Waals surface area contributed by atoms with Crippen LogP contribution in [0.3, 0.4) is 0 Å². The smallest absolute Gasteiger partial charge is 0.327 e. The normalized spacial score (nSPS) is 22.5. The van der Waals surface area contributed by atoms with Crippen LogP contribution >= 0.6 is 11.8 Å². The third-order valence-corrected chi connectivity index (χ3v) is 4.18. The van der Waals surface area contributed by atoms with Crippen molar-refractivity contribution in [2.45, 2.75) is 18.3 Å². The number of rotatable bonds is 2. The molecule has 1 aromatic carbocycles. The molecule has 102 valence electrons. The summed E-state index contributed by atoms with van der Waals surface area (Å²) in [6, 6.07) is 2.82. The van der Waals surface area contributed by atoms with Gasteiger partial charge in [-0.05, 0) is 25.1 Å². The lowest BCUT2D eigenvalue weighted by Crippen LogP contribution is -2.45. The monoisotopic (exact) mass is 284 g/mol. The summed E-state index contributed by atoms with van der Waals surface area (Å²) in [5.74, 6) is -2.14. The van der Waals surface area contributed by atoms with Gasteiger partial charge in [-0.1, -0.05) is 0 Å². The Balaban J connectivity index is 2.34. The molecule has 1 heterocycles. The number of hydrogen-bond donors (Lipinski definition) is 2. The first-order chi connectivity index (χ1) is 8.91. The number of hydrogen-bond acceptors (Lipinski definition) is 4. The topological polar surface area (TPSA) is 83.6 Å². The van der Waals surface area contributed by atoms with Gasteiger partial charge < -0.3 is 15.7 Å². The molecule has 1 aliphatic heterocycles. The Bertz CT molecular complexity index is 538. The van der Waals surface area contributed by atoms with E-state index in [-0.39, 0.29) is 16.6 Å². The number of nitrogens with zero attached hydrogens (tertiary/aromatic N) is 1. The lowest BCUT2D eigenvalue weighted by atomic mass is 10.1. The number of aliphatic carboxylic acids is 1. The van der Waals surface area contributed by atoms with Gasteiger partial charge in [-0.2, -0.15) is 0 Å². The molecule has 1 aliphatic rings. The molecule has 2 atom stereocenters. The summed E-state index contributed by atoms with van der Waals surface area (Å²) in [6.45, 7) is 1.72. The maximum Gasteiger partial charge on any atom is 0.327 e. The molecule has 0 radical (unpaired) electrons. The molecule has 0 aliphatic carbocycles. The Hall–Kier alpha value is -1.76. The van der Waals surface area contributed by atoms with E-state index in [1.165, 1.54) is 28.8 Å².